The molecule has 3 heterocycles. The van der Waals surface area contributed by atoms with E-state index >= 15 is 0 Å². The van der Waals surface area contributed by atoms with E-state index in [-0.39, 0.29) is 5.91 Å². The van der Waals surface area contributed by atoms with Crippen molar-refractivity contribution < 1.29 is 9.59 Å². The number of carbonyl (C=O) groups excluding carboxylic acids is 2. The molecule has 0 aliphatic heterocycles. The zero-order valence-corrected chi connectivity index (χ0v) is 18.8. The van der Waals surface area contributed by atoms with Gasteiger partial charge in [0.2, 0.25) is 0 Å². The smallest absolute Gasteiger partial charge is 0.268 e. The molecule has 1 aliphatic rings. The Morgan fingerprint density at radius 1 is 1.17 bits per heavy atom. The normalized spacial score (nSPS) is 14.0. The van der Waals surface area contributed by atoms with Crippen LogP contribution in [0.3, 0.4) is 0 Å². The van der Waals surface area contributed by atoms with E-state index in [0.29, 0.717) is 27.0 Å². The highest BCUT2D eigenvalue weighted by Crippen LogP contribution is 2.39. The van der Waals surface area contributed by atoms with Gasteiger partial charge in [0.15, 0.2) is 0 Å². The lowest BCUT2D eigenvalue weighted by atomic mass is 10.1. The molecule has 1 aliphatic carbocycles. The minimum atomic E-state index is -0.492. The number of primary amides is 1. The summed E-state index contributed by atoms with van der Waals surface area (Å²) in [5, 5.41) is 4.23. The summed E-state index contributed by atoms with van der Waals surface area (Å²) >= 11 is 2.75. The van der Waals surface area contributed by atoms with E-state index in [2.05, 4.69) is 24.1 Å². The number of hydrogen-bond donors (Lipinski definition) is 3. The maximum absolute atomic E-state index is 13.1. The molecule has 0 aromatic carbocycles. The highest BCUT2D eigenvalue weighted by molar-refractivity contribution is 7.21. The van der Waals surface area contributed by atoms with E-state index in [9.17, 15) is 9.59 Å². The summed E-state index contributed by atoms with van der Waals surface area (Å²) in [6.07, 6.45) is 5.89. The molecular formula is C22H26N4O2S2. The topological polar surface area (TPSA) is 111 Å². The standard InChI is InChI=1S/C22H26N4O2S2/c1-11(2)10-12-8-9-14-17(23)18(30-21(14)25-12)20(28)26-22-16(19(24)27)13-6-4-3-5-7-15(13)29-22/h8-9,11H,3-7,10,23H2,1-2H3,(H2,24,27)(H,26,28). The second-order valence-corrected chi connectivity index (χ2v) is 10.3. The second kappa shape index (κ2) is 8.35. The molecule has 0 bridgehead atoms. The van der Waals surface area contributed by atoms with Crippen LogP contribution in [-0.2, 0) is 19.3 Å². The molecule has 0 saturated heterocycles. The number of nitrogens with two attached hydrogens (primary N) is 2. The largest absolute Gasteiger partial charge is 0.397 e. The van der Waals surface area contributed by atoms with Gasteiger partial charge in [0.25, 0.3) is 11.8 Å². The summed E-state index contributed by atoms with van der Waals surface area (Å²) in [5.41, 5.74) is 14.8. The van der Waals surface area contributed by atoms with Crippen LogP contribution >= 0.6 is 22.7 Å². The van der Waals surface area contributed by atoms with E-state index in [1.165, 1.54) is 22.7 Å². The quantitative estimate of drug-likeness (QED) is 0.495. The molecule has 3 aromatic rings. The third-order valence-electron chi connectivity index (χ3n) is 5.37. The Kier molecular flexibility index (Phi) is 5.79. The molecule has 0 spiro atoms. The van der Waals surface area contributed by atoms with Crippen LogP contribution in [0.25, 0.3) is 10.2 Å². The molecule has 0 atom stereocenters. The monoisotopic (exact) mass is 442 g/mol. The Balaban J connectivity index is 1.66. The van der Waals surface area contributed by atoms with E-state index in [1.54, 1.807) is 0 Å². The van der Waals surface area contributed by atoms with Crippen LogP contribution in [0, 0.1) is 5.92 Å². The molecule has 2 amide bonds. The highest BCUT2D eigenvalue weighted by Gasteiger charge is 2.26. The Morgan fingerprint density at radius 3 is 2.67 bits per heavy atom. The SMILES string of the molecule is CC(C)Cc1ccc2c(N)c(C(=O)Nc3sc4c(c3C(N)=O)CCCCC4)sc2n1. The Hall–Kier alpha value is -2.45. The van der Waals surface area contributed by atoms with Crippen LogP contribution in [0.1, 0.15) is 69.3 Å². The van der Waals surface area contributed by atoms with Crippen molar-refractivity contribution in [1.29, 1.82) is 0 Å². The lowest BCUT2D eigenvalue weighted by molar-refractivity contribution is 0.100. The van der Waals surface area contributed by atoms with Gasteiger partial charge in [0.1, 0.15) is 14.7 Å². The summed E-state index contributed by atoms with van der Waals surface area (Å²) in [4.78, 5) is 32.2. The number of fused-ring (bicyclic) bond motifs is 2. The highest BCUT2D eigenvalue weighted by atomic mass is 32.1. The van der Waals surface area contributed by atoms with Gasteiger partial charge in [-0.3, -0.25) is 9.59 Å². The van der Waals surface area contributed by atoms with Gasteiger partial charge in [-0.25, -0.2) is 4.98 Å². The number of nitrogens with one attached hydrogen (secondary N) is 1. The van der Waals surface area contributed by atoms with Crippen molar-refractivity contribution >= 4 is 55.4 Å². The minimum Gasteiger partial charge on any atom is -0.397 e. The lowest BCUT2D eigenvalue weighted by Crippen LogP contribution is -2.18. The number of rotatable bonds is 5. The summed E-state index contributed by atoms with van der Waals surface area (Å²) in [7, 11) is 0. The maximum atomic E-state index is 13.1. The van der Waals surface area contributed by atoms with Crippen LogP contribution in [0.4, 0.5) is 10.7 Å². The van der Waals surface area contributed by atoms with E-state index < -0.39 is 5.91 Å². The van der Waals surface area contributed by atoms with Crippen LogP contribution in [0.5, 0.6) is 0 Å². The molecule has 0 radical (unpaired) electrons. The molecule has 0 fully saturated rings. The molecule has 4 rings (SSSR count). The molecule has 8 heteroatoms. The molecular weight excluding hydrogens is 416 g/mol. The predicted octanol–water partition coefficient (Wildman–Crippen LogP) is 4.76. The number of amides is 2. The van der Waals surface area contributed by atoms with Gasteiger partial charge in [0.05, 0.1) is 11.3 Å². The summed E-state index contributed by atoms with van der Waals surface area (Å²) in [5.74, 6) is -0.315. The van der Waals surface area contributed by atoms with Crippen molar-refractivity contribution in [2.24, 2.45) is 11.7 Å². The molecule has 158 valence electrons. The van der Waals surface area contributed by atoms with Crippen LogP contribution in [-0.4, -0.2) is 16.8 Å². The molecule has 6 nitrogen and oxygen atoms in total. The number of pyridine rings is 1. The van der Waals surface area contributed by atoms with Crippen molar-refractivity contribution in [3.8, 4) is 0 Å². The van der Waals surface area contributed by atoms with Crippen molar-refractivity contribution in [2.75, 3.05) is 11.1 Å². The number of thiophene rings is 2. The number of carbonyl (C=O) groups is 2. The number of aromatic nitrogens is 1. The van der Waals surface area contributed by atoms with E-state index in [0.717, 1.165) is 64.9 Å². The third kappa shape index (κ3) is 3.94. The number of nitrogen functional groups attached to an aromatic ring is 1. The van der Waals surface area contributed by atoms with E-state index in [4.69, 9.17) is 11.5 Å². The van der Waals surface area contributed by atoms with Gasteiger partial charge in [0, 0.05) is 16.0 Å². The zero-order valence-electron chi connectivity index (χ0n) is 17.2. The first-order chi connectivity index (χ1) is 14.3. The first-order valence-corrected chi connectivity index (χ1v) is 11.9. The number of aryl methyl sites for hydroxylation is 1. The van der Waals surface area contributed by atoms with Crippen LogP contribution < -0.4 is 16.8 Å². The first kappa shape index (κ1) is 20.8. The molecule has 0 saturated carbocycles. The fourth-order valence-corrected chi connectivity index (χ4v) is 6.28. The van der Waals surface area contributed by atoms with Gasteiger partial charge in [-0.1, -0.05) is 20.3 Å². The zero-order chi connectivity index (χ0) is 21.4. The number of hydrogen-bond acceptors (Lipinski definition) is 6. The summed E-state index contributed by atoms with van der Waals surface area (Å²) in [6.45, 7) is 4.29. The second-order valence-electron chi connectivity index (χ2n) is 8.19. The van der Waals surface area contributed by atoms with Crippen molar-refractivity contribution in [2.45, 2.75) is 52.4 Å². The summed E-state index contributed by atoms with van der Waals surface area (Å²) < 4.78 is 0. The van der Waals surface area contributed by atoms with Crippen molar-refractivity contribution in [1.82, 2.24) is 4.98 Å². The van der Waals surface area contributed by atoms with Gasteiger partial charge in [-0.15, -0.1) is 22.7 Å². The van der Waals surface area contributed by atoms with Crippen LogP contribution in [0.2, 0.25) is 0 Å². The lowest BCUT2D eigenvalue weighted by Gasteiger charge is -2.06. The molecule has 5 N–H and O–H groups in total. The van der Waals surface area contributed by atoms with Crippen LogP contribution in [0.15, 0.2) is 12.1 Å². The minimum absolute atomic E-state index is 0.320. The number of anilines is 2. The summed E-state index contributed by atoms with van der Waals surface area (Å²) in [6, 6.07) is 3.90. The third-order valence-corrected chi connectivity index (χ3v) is 7.69. The Labute approximate surface area is 183 Å². The average Bonchev–Trinajstić information content (AvgIpc) is 3.09. The fraction of sp³-hybridized carbons (Fsp3) is 0.409. The fourth-order valence-electron chi connectivity index (χ4n) is 3.99. The predicted molar refractivity (Wildman–Crippen MR) is 125 cm³/mol. The van der Waals surface area contributed by atoms with Gasteiger partial charge < -0.3 is 16.8 Å². The molecule has 30 heavy (non-hydrogen) atoms. The maximum Gasteiger partial charge on any atom is 0.268 e. The molecule has 3 aromatic heterocycles. The molecule has 0 unspecified atom stereocenters. The average molecular weight is 443 g/mol. The van der Waals surface area contributed by atoms with Crippen molar-refractivity contribution in [3.63, 3.8) is 0 Å². The van der Waals surface area contributed by atoms with Gasteiger partial charge in [-0.2, -0.15) is 0 Å². The van der Waals surface area contributed by atoms with E-state index in [1.807, 2.05) is 12.1 Å². The van der Waals surface area contributed by atoms with Crippen molar-refractivity contribution in [3.05, 3.63) is 38.7 Å². The Bertz CT molecular complexity index is 1130. The number of nitrogens with zero attached hydrogens (tertiary/aromatic N) is 1. The Morgan fingerprint density at radius 2 is 1.93 bits per heavy atom. The van der Waals surface area contributed by atoms with Gasteiger partial charge in [-0.05, 0) is 55.7 Å². The first-order valence-electron chi connectivity index (χ1n) is 10.3. The van der Waals surface area contributed by atoms with Gasteiger partial charge >= 0.3 is 0 Å².